The Hall–Kier alpha value is -3.60. The highest BCUT2D eigenvalue weighted by Crippen LogP contribution is 2.59. The highest BCUT2D eigenvalue weighted by atomic mass is 19.3. The van der Waals surface area contributed by atoms with Gasteiger partial charge in [-0.15, -0.1) is 0 Å². The number of ether oxygens (including phenoxy) is 2. The van der Waals surface area contributed by atoms with Crippen molar-refractivity contribution in [1.29, 1.82) is 0 Å². The van der Waals surface area contributed by atoms with Crippen LogP contribution in [-0.4, -0.2) is 39.2 Å². The van der Waals surface area contributed by atoms with E-state index in [0.717, 1.165) is 24.3 Å². The Balaban J connectivity index is 1.97. The third kappa shape index (κ3) is 6.04. The van der Waals surface area contributed by atoms with Gasteiger partial charge in [-0.2, -0.15) is 26.3 Å². The number of benzene rings is 2. The van der Waals surface area contributed by atoms with Gasteiger partial charge in [-0.05, 0) is 76.2 Å². The summed E-state index contributed by atoms with van der Waals surface area (Å²) in [6.07, 6.45) is 0. The smallest absolute Gasteiger partial charge is 0.387 e. The molecule has 3 rings (SSSR count). The van der Waals surface area contributed by atoms with Crippen LogP contribution in [0.25, 0.3) is 0 Å². The zero-order valence-electron chi connectivity index (χ0n) is 20.1. The van der Waals surface area contributed by atoms with E-state index >= 15 is 0 Å². The molecule has 0 bridgehead atoms. The van der Waals surface area contributed by atoms with E-state index < -0.39 is 52.0 Å². The first-order valence-corrected chi connectivity index (χ1v) is 10.8. The van der Waals surface area contributed by atoms with Crippen LogP contribution in [-0.2, 0) is 0 Å². The van der Waals surface area contributed by atoms with Gasteiger partial charge in [0.25, 0.3) is 0 Å². The van der Waals surface area contributed by atoms with Gasteiger partial charge in [0.1, 0.15) is 22.7 Å². The number of aliphatic hydroxyl groups is 2. The Kier molecular flexibility index (Phi) is 7.08. The molecule has 0 aromatic heterocycles. The summed E-state index contributed by atoms with van der Waals surface area (Å²) in [7, 11) is 0. The molecule has 0 saturated heterocycles. The minimum atomic E-state index is -5.83. The third-order valence-electron chi connectivity index (χ3n) is 4.74. The first-order chi connectivity index (χ1) is 16.8. The minimum Gasteiger partial charge on any atom is -0.451 e. The zero-order chi connectivity index (χ0) is 27.9. The molecule has 2 N–H and O–H groups in total. The summed E-state index contributed by atoms with van der Waals surface area (Å²) < 4.78 is 96.2. The summed E-state index contributed by atoms with van der Waals surface area (Å²) in [5, 5.41) is 19.3. The van der Waals surface area contributed by atoms with Crippen LogP contribution in [0.3, 0.4) is 0 Å². The van der Waals surface area contributed by atoms with Crippen LogP contribution < -0.4 is 9.47 Å². The van der Waals surface area contributed by atoms with Crippen molar-refractivity contribution in [2.75, 3.05) is 0 Å². The van der Waals surface area contributed by atoms with Crippen molar-refractivity contribution in [2.24, 2.45) is 0 Å². The van der Waals surface area contributed by atoms with E-state index in [1.807, 2.05) is 0 Å². The fraction of sp³-hybridized carbons (Fsp3) is 0.333. The predicted octanol–water partition coefficient (Wildman–Crippen LogP) is 5.52. The third-order valence-corrected chi connectivity index (χ3v) is 4.74. The summed E-state index contributed by atoms with van der Waals surface area (Å²) >= 11 is 0. The van der Waals surface area contributed by atoms with E-state index in [1.165, 1.54) is 52.0 Å². The van der Waals surface area contributed by atoms with Crippen LogP contribution in [0.15, 0.2) is 60.0 Å². The van der Waals surface area contributed by atoms with Crippen molar-refractivity contribution < 1.29 is 46.0 Å². The second kappa shape index (κ2) is 9.37. The van der Waals surface area contributed by atoms with Crippen LogP contribution in [0.5, 0.6) is 11.5 Å². The molecule has 0 aliphatic heterocycles. The zero-order valence-corrected chi connectivity index (χ0v) is 20.1. The van der Waals surface area contributed by atoms with Gasteiger partial charge in [0, 0.05) is 11.1 Å². The molecule has 4 nitrogen and oxygen atoms in total. The van der Waals surface area contributed by atoms with Crippen LogP contribution in [0.2, 0.25) is 0 Å². The Bertz CT molecular complexity index is 1210. The maximum atomic E-state index is 14.5. The predicted molar refractivity (Wildman–Crippen MR) is 122 cm³/mol. The lowest BCUT2D eigenvalue weighted by Crippen LogP contribution is -2.50. The molecule has 0 atom stereocenters. The SMILES string of the molecule is CC(C)(O)C#Cc1ccc(OC2=C(Oc3ccc(C#CC(C)(C)O)cc3)C(F)(F)C(F)(F)C2(F)F)cc1. The van der Waals surface area contributed by atoms with E-state index in [4.69, 9.17) is 9.47 Å². The van der Waals surface area contributed by atoms with E-state index in [2.05, 4.69) is 23.7 Å². The molecule has 0 fully saturated rings. The second-order valence-electron chi connectivity index (χ2n) is 9.25. The largest absolute Gasteiger partial charge is 0.451 e. The van der Waals surface area contributed by atoms with Gasteiger partial charge >= 0.3 is 17.8 Å². The van der Waals surface area contributed by atoms with Crippen molar-refractivity contribution in [3.05, 3.63) is 71.2 Å². The minimum absolute atomic E-state index is 0.321. The monoisotopic (exact) mass is 524 g/mol. The maximum absolute atomic E-state index is 14.5. The Morgan fingerprint density at radius 3 is 1.16 bits per heavy atom. The van der Waals surface area contributed by atoms with Crippen molar-refractivity contribution in [3.63, 3.8) is 0 Å². The van der Waals surface area contributed by atoms with Crippen LogP contribution >= 0.6 is 0 Å². The molecule has 0 spiro atoms. The van der Waals surface area contributed by atoms with Gasteiger partial charge in [-0.3, -0.25) is 0 Å². The van der Waals surface area contributed by atoms with Gasteiger partial charge < -0.3 is 19.7 Å². The van der Waals surface area contributed by atoms with E-state index in [1.54, 1.807) is 0 Å². The lowest BCUT2D eigenvalue weighted by Gasteiger charge is -2.24. The first-order valence-electron chi connectivity index (χ1n) is 10.8. The average molecular weight is 524 g/mol. The van der Waals surface area contributed by atoms with Crippen LogP contribution in [0, 0.1) is 23.7 Å². The van der Waals surface area contributed by atoms with E-state index in [0.29, 0.717) is 11.1 Å². The van der Waals surface area contributed by atoms with Crippen molar-refractivity contribution in [1.82, 2.24) is 0 Å². The van der Waals surface area contributed by atoms with Gasteiger partial charge in [-0.1, -0.05) is 23.7 Å². The lowest BCUT2D eigenvalue weighted by molar-refractivity contribution is -0.273. The molecule has 1 aliphatic rings. The Morgan fingerprint density at radius 1 is 0.595 bits per heavy atom. The first kappa shape index (κ1) is 28.0. The molecule has 0 unspecified atom stereocenters. The van der Waals surface area contributed by atoms with Crippen molar-refractivity contribution >= 4 is 0 Å². The molecular formula is C27H22F6O4. The molecule has 0 radical (unpaired) electrons. The average Bonchev–Trinajstić information content (AvgIpc) is 2.87. The van der Waals surface area contributed by atoms with Crippen molar-refractivity contribution in [3.8, 4) is 35.2 Å². The number of hydrogen-bond acceptors (Lipinski definition) is 4. The van der Waals surface area contributed by atoms with Gasteiger partial charge in [0.15, 0.2) is 0 Å². The highest BCUT2D eigenvalue weighted by Gasteiger charge is 2.83. The quantitative estimate of drug-likeness (QED) is 0.409. The molecular weight excluding hydrogens is 502 g/mol. The van der Waals surface area contributed by atoms with Gasteiger partial charge in [0.05, 0.1) is 0 Å². The standard InChI is InChI=1S/C27H22F6O4/c1-23(2,34)15-13-17-5-9-19(10-6-17)36-21-22(26(30,31)27(32,33)25(21,28)29)37-20-11-7-18(8-12-20)14-16-24(3,4)35/h5-12,34-35H,1-4H3. The fourth-order valence-electron chi connectivity index (χ4n) is 2.89. The van der Waals surface area contributed by atoms with Crippen molar-refractivity contribution in [2.45, 2.75) is 56.7 Å². The molecule has 2 aromatic rings. The normalized spacial score (nSPS) is 17.8. The lowest BCUT2D eigenvalue weighted by atomic mass is 10.1. The summed E-state index contributed by atoms with van der Waals surface area (Å²) in [5.74, 6) is -11.4. The van der Waals surface area contributed by atoms with Crippen LogP contribution in [0.4, 0.5) is 26.3 Å². The van der Waals surface area contributed by atoms with E-state index in [-0.39, 0.29) is 0 Å². The summed E-state index contributed by atoms with van der Waals surface area (Å²) in [6.45, 7) is 5.74. The summed E-state index contributed by atoms with van der Waals surface area (Å²) in [4.78, 5) is 0. The Labute approximate surface area is 209 Å². The number of rotatable bonds is 4. The molecule has 196 valence electrons. The number of alkyl halides is 6. The number of hydrogen-bond donors (Lipinski definition) is 2. The van der Waals surface area contributed by atoms with Crippen LogP contribution in [0.1, 0.15) is 38.8 Å². The van der Waals surface area contributed by atoms with Gasteiger partial charge in [0.2, 0.25) is 11.5 Å². The topological polar surface area (TPSA) is 58.9 Å². The Morgan fingerprint density at radius 2 is 0.892 bits per heavy atom. The number of halogens is 6. The van der Waals surface area contributed by atoms with Gasteiger partial charge in [-0.25, -0.2) is 0 Å². The van der Waals surface area contributed by atoms with E-state index in [9.17, 15) is 36.6 Å². The fourth-order valence-corrected chi connectivity index (χ4v) is 2.89. The molecule has 10 heteroatoms. The summed E-state index contributed by atoms with van der Waals surface area (Å²) in [6, 6.07) is 9.36. The molecule has 0 saturated carbocycles. The highest BCUT2D eigenvalue weighted by molar-refractivity contribution is 5.44. The molecule has 0 amide bonds. The second-order valence-corrected chi connectivity index (χ2v) is 9.25. The molecule has 0 heterocycles. The molecule has 37 heavy (non-hydrogen) atoms. The summed E-state index contributed by atoms with van der Waals surface area (Å²) in [5.41, 5.74) is -1.98. The number of allylic oxidation sites excluding steroid dienone is 2. The maximum Gasteiger partial charge on any atom is 0.387 e. The molecule has 2 aromatic carbocycles. The molecule has 1 aliphatic carbocycles.